The topological polar surface area (TPSA) is 51.6 Å². The predicted octanol–water partition coefficient (Wildman–Crippen LogP) is 2.88. The van der Waals surface area contributed by atoms with Crippen molar-refractivity contribution in [3.05, 3.63) is 28.8 Å². The third kappa shape index (κ3) is 2.72. The second-order valence-corrected chi connectivity index (χ2v) is 5.05. The van der Waals surface area contributed by atoms with Gasteiger partial charge in [-0.15, -0.1) is 11.3 Å². The number of nitrogens with zero attached hydrogens (tertiary/aromatic N) is 1. The third-order valence-corrected chi connectivity index (χ3v) is 4.02. The van der Waals surface area contributed by atoms with Gasteiger partial charge in [0.05, 0.1) is 31.4 Å². The minimum Gasteiger partial charge on any atom is -0.493 e. The highest BCUT2D eigenvalue weighted by atomic mass is 32.1. The van der Waals surface area contributed by atoms with E-state index in [1.54, 1.807) is 14.2 Å². The zero-order valence-corrected chi connectivity index (χ0v) is 12.1. The maximum Gasteiger partial charge on any atom is 0.161 e. The molecule has 1 N–H and O–H groups in total. The van der Waals surface area contributed by atoms with Gasteiger partial charge < -0.3 is 14.6 Å². The van der Waals surface area contributed by atoms with Crippen LogP contribution >= 0.6 is 11.3 Å². The van der Waals surface area contributed by atoms with E-state index in [0.717, 1.165) is 27.6 Å². The average molecular weight is 279 g/mol. The number of hydrogen-bond donors (Lipinski definition) is 1. The molecule has 0 atom stereocenters. The first-order chi connectivity index (χ1) is 9.23. The van der Waals surface area contributed by atoms with E-state index in [1.807, 2.05) is 25.1 Å². The summed E-state index contributed by atoms with van der Waals surface area (Å²) in [5.74, 6) is 1.37. The van der Waals surface area contributed by atoms with Crippen LogP contribution in [-0.2, 0) is 13.0 Å². The van der Waals surface area contributed by atoms with Crippen molar-refractivity contribution in [1.29, 1.82) is 0 Å². The molecule has 0 amide bonds. The Hall–Kier alpha value is -1.59. The van der Waals surface area contributed by atoms with Crippen LogP contribution in [0, 0.1) is 0 Å². The third-order valence-electron chi connectivity index (χ3n) is 2.89. The standard InChI is InChI=1S/C14H17NO3S/c1-4-10-13(8-16)19-14(15-10)9-5-6-11(17-2)12(7-9)18-3/h5-7,16H,4,8H2,1-3H3. The second-order valence-electron chi connectivity index (χ2n) is 3.97. The molecule has 1 aromatic carbocycles. The smallest absolute Gasteiger partial charge is 0.161 e. The highest BCUT2D eigenvalue weighted by Gasteiger charge is 2.12. The van der Waals surface area contributed by atoms with E-state index in [2.05, 4.69) is 4.98 Å². The van der Waals surface area contributed by atoms with E-state index < -0.39 is 0 Å². The van der Waals surface area contributed by atoms with Crippen molar-refractivity contribution in [2.45, 2.75) is 20.0 Å². The van der Waals surface area contributed by atoms with Crippen molar-refractivity contribution < 1.29 is 14.6 Å². The minimum absolute atomic E-state index is 0.0358. The van der Waals surface area contributed by atoms with Crippen molar-refractivity contribution in [2.75, 3.05) is 14.2 Å². The molecule has 4 nitrogen and oxygen atoms in total. The molecule has 0 unspecified atom stereocenters. The largest absolute Gasteiger partial charge is 0.493 e. The molecule has 19 heavy (non-hydrogen) atoms. The highest BCUT2D eigenvalue weighted by Crippen LogP contribution is 2.35. The van der Waals surface area contributed by atoms with Crippen LogP contribution in [0.1, 0.15) is 17.5 Å². The molecule has 0 aliphatic heterocycles. The van der Waals surface area contributed by atoms with Crippen LogP contribution in [0.25, 0.3) is 10.6 Å². The highest BCUT2D eigenvalue weighted by molar-refractivity contribution is 7.15. The Bertz CT molecular complexity index is 544. The van der Waals surface area contributed by atoms with Crippen molar-refractivity contribution in [3.63, 3.8) is 0 Å². The molecule has 0 saturated carbocycles. The van der Waals surface area contributed by atoms with Gasteiger partial charge in [0.2, 0.25) is 0 Å². The van der Waals surface area contributed by atoms with Gasteiger partial charge in [-0.05, 0) is 24.6 Å². The number of rotatable bonds is 5. The Kier molecular flexibility index (Phi) is 4.39. The monoisotopic (exact) mass is 279 g/mol. The van der Waals surface area contributed by atoms with Gasteiger partial charge in [0, 0.05) is 5.56 Å². The molecule has 0 spiro atoms. The van der Waals surface area contributed by atoms with Crippen molar-refractivity contribution >= 4 is 11.3 Å². The van der Waals surface area contributed by atoms with E-state index in [4.69, 9.17) is 9.47 Å². The van der Waals surface area contributed by atoms with Gasteiger partial charge in [-0.1, -0.05) is 6.92 Å². The summed E-state index contributed by atoms with van der Waals surface area (Å²) in [7, 11) is 3.22. The molecule has 0 fully saturated rings. The first-order valence-corrected chi connectivity index (χ1v) is 6.87. The first kappa shape index (κ1) is 13.8. The minimum atomic E-state index is 0.0358. The van der Waals surface area contributed by atoms with Crippen LogP contribution in [0.2, 0.25) is 0 Å². The fourth-order valence-electron chi connectivity index (χ4n) is 1.88. The van der Waals surface area contributed by atoms with E-state index >= 15 is 0 Å². The number of aliphatic hydroxyl groups excluding tert-OH is 1. The average Bonchev–Trinajstić information content (AvgIpc) is 2.89. The number of benzene rings is 1. The second kappa shape index (κ2) is 6.04. The molecule has 0 radical (unpaired) electrons. The number of thiazole rings is 1. The van der Waals surface area contributed by atoms with Gasteiger partial charge in [-0.2, -0.15) is 0 Å². The quantitative estimate of drug-likeness (QED) is 0.914. The lowest BCUT2D eigenvalue weighted by atomic mass is 10.2. The Morgan fingerprint density at radius 1 is 1.21 bits per heavy atom. The summed E-state index contributed by atoms with van der Waals surface area (Å²) in [5, 5.41) is 10.2. The fraction of sp³-hybridized carbons (Fsp3) is 0.357. The predicted molar refractivity (Wildman–Crippen MR) is 76.0 cm³/mol. The molecular weight excluding hydrogens is 262 g/mol. The summed E-state index contributed by atoms with van der Waals surface area (Å²) in [5.41, 5.74) is 1.93. The molecule has 0 aliphatic carbocycles. The van der Waals surface area contributed by atoms with Gasteiger partial charge >= 0.3 is 0 Å². The molecule has 1 aromatic heterocycles. The molecule has 1 heterocycles. The number of aliphatic hydroxyl groups is 1. The normalized spacial score (nSPS) is 10.5. The lowest BCUT2D eigenvalue weighted by molar-refractivity contribution is 0.284. The molecule has 0 saturated heterocycles. The number of methoxy groups -OCH3 is 2. The van der Waals surface area contributed by atoms with Crippen molar-refractivity contribution in [3.8, 4) is 22.1 Å². The Balaban J connectivity index is 2.44. The number of hydrogen-bond acceptors (Lipinski definition) is 5. The Morgan fingerprint density at radius 2 is 1.95 bits per heavy atom. The van der Waals surface area contributed by atoms with Gasteiger partial charge in [-0.3, -0.25) is 0 Å². The summed E-state index contributed by atoms with van der Waals surface area (Å²) < 4.78 is 10.5. The van der Waals surface area contributed by atoms with Crippen LogP contribution in [-0.4, -0.2) is 24.3 Å². The van der Waals surface area contributed by atoms with E-state index in [0.29, 0.717) is 11.5 Å². The van der Waals surface area contributed by atoms with Crippen LogP contribution < -0.4 is 9.47 Å². The number of ether oxygens (including phenoxy) is 2. The molecular formula is C14H17NO3S. The lowest BCUT2D eigenvalue weighted by Gasteiger charge is -2.08. The molecule has 5 heteroatoms. The van der Waals surface area contributed by atoms with Gasteiger partial charge in [0.1, 0.15) is 5.01 Å². The maximum absolute atomic E-state index is 9.32. The zero-order chi connectivity index (χ0) is 13.8. The zero-order valence-electron chi connectivity index (χ0n) is 11.3. The van der Waals surface area contributed by atoms with Gasteiger partial charge in [0.15, 0.2) is 11.5 Å². The van der Waals surface area contributed by atoms with E-state index in [1.165, 1.54) is 11.3 Å². The fourth-order valence-corrected chi connectivity index (χ4v) is 2.88. The summed E-state index contributed by atoms with van der Waals surface area (Å²) in [4.78, 5) is 5.49. The Labute approximate surface area is 116 Å². The van der Waals surface area contributed by atoms with Crippen LogP contribution in [0.5, 0.6) is 11.5 Å². The van der Waals surface area contributed by atoms with Gasteiger partial charge in [-0.25, -0.2) is 4.98 Å². The molecule has 2 aromatic rings. The first-order valence-electron chi connectivity index (χ1n) is 6.05. The lowest BCUT2D eigenvalue weighted by Crippen LogP contribution is -1.91. The summed E-state index contributed by atoms with van der Waals surface area (Å²) in [6, 6.07) is 5.71. The Morgan fingerprint density at radius 3 is 2.47 bits per heavy atom. The molecule has 102 valence electrons. The summed E-state index contributed by atoms with van der Waals surface area (Å²) in [6.45, 7) is 2.07. The van der Waals surface area contributed by atoms with Crippen LogP contribution in [0.4, 0.5) is 0 Å². The van der Waals surface area contributed by atoms with E-state index in [9.17, 15) is 5.11 Å². The number of aryl methyl sites for hydroxylation is 1. The van der Waals surface area contributed by atoms with Crippen molar-refractivity contribution in [2.24, 2.45) is 0 Å². The number of aromatic nitrogens is 1. The SMILES string of the molecule is CCc1nc(-c2ccc(OC)c(OC)c2)sc1CO. The maximum atomic E-state index is 9.32. The molecule has 0 aliphatic rings. The van der Waals surface area contributed by atoms with Crippen LogP contribution in [0.3, 0.4) is 0 Å². The summed E-state index contributed by atoms with van der Waals surface area (Å²) >= 11 is 1.51. The van der Waals surface area contributed by atoms with E-state index in [-0.39, 0.29) is 6.61 Å². The summed E-state index contributed by atoms with van der Waals surface area (Å²) in [6.07, 6.45) is 0.819. The van der Waals surface area contributed by atoms with Crippen LogP contribution in [0.15, 0.2) is 18.2 Å². The molecule has 2 rings (SSSR count). The molecule has 0 bridgehead atoms. The van der Waals surface area contributed by atoms with Gasteiger partial charge in [0.25, 0.3) is 0 Å². The van der Waals surface area contributed by atoms with Crippen molar-refractivity contribution in [1.82, 2.24) is 4.98 Å².